The molecule has 0 spiro atoms. The number of carbonyl (C=O) groups is 1. The highest BCUT2D eigenvalue weighted by Gasteiger charge is 2.24. The van der Waals surface area contributed by atoms with Crippen LogP contribution in [0.15, 0.2) is 30.3 Å². The van der Waals surface area contributed by atoms with Gasteiger partial charge < -0.3 is 9.84 Å². The Labute approximate surface area is 89.7 Å². The van der Waals surface area contributed by atoms with Crippen LogP contribution < -0.4 is 0 Å². The summed E-state index contributed by atoms with van der Waals surface area (Å²) in [6.45, 7) is 5.30. The molecule has 0 amide bonds. The molecule has 3 nitrogen and oxygen atoms in total. The molecule has 1 atom stereocenters. The maximum absolute atomic E-state index is 11.5. The fourth-order valence-corrected chi connectivity index (χ4v) is 1.13. The molecule has 0 radical (unpaired) electrons. The van der Waals surface area contributed by atoms with Gasteiger partial charge in [0.15, 0.2) is 6.10 Å². The van der Waals surface area contributed by atoms with Gasteiger partial charge in [-0.2, -0.15) is 0 Å². The molecule has 0 unspecified atom stereocenters. The third-order valence-electron chi connectivity index (χ3n) is 1.75. The van der Waals surface area contributed by atoms with Crippen LogP contribution in [0.3, 0.4) is 0 Å². The van der Waals surface area contributed by atoms with Gasteiger partial charge >= 0.3 is 5.97 Å². The number of hydrogen-bond acceptors (Lipinski definition) is 3. The molecule has 1 rings (SSSR count). The lowest BCUT2D eigenvalue weighted by molar-refractivity contribution is -0.165. The van der Waals surface area contributed by atoms with Gasteiger partial charge in [0.25, 0.3) is 0 Å². The largest absolute Gasteiger partial charge is 0.458 e. The quantitative estimate of drug-likeness (QED) is 0.757. The zero-order chi connectivity index (χ0) is 11.5. The third-order valence-corrected chi connectivity index (χ3v) is 1.75. The molecule has 0 bridgehead atoms. The third kappa shape index (κ3) is 3.72. The van der Waals surface area contributed by atoms with Crippen molar-refractivity contribution in [1.82, 2.24) is 0 Å². The van der Waals surface area contributed by atoms with E-state index in [2.05, 4.69) is 0 Å². The molecule has 0 aliphatic carbocycles. The van der Waals surface area contributed by atoms with Crippen LogP contribution in [-0.4, -0.2) is 16.7 Å². The van der Waals surface area contributed by atoms with Crippen LogP contribution in [0.1, 0.15) is 32.4 Å². The van der Waals surface area contributed by atoms with Crippen LogP contribution in [-0.2, 0) is 9.53 Å². The normalized spacial score (nSPS) is 13.3. The van der Waals surface area contributed by atoms with Crippen molar-refractivity contribution in [2.45, 2.75) is 32.5 Å². The van der Waals surface area contributed by atoms with Crippen molar-refractivity contribution in [3.63, 3.8) is 0 Å². The molecule has 1 aromatic carbocycles. The Bertz CT molecular complexity index is 324. The Kier molecular flexibility index (Phi) is 3.48. The molecular formula is C12H16O3. The van der Waals surface area contributed by atoms with Crippen LogP contribution in [0.2, 0.25) is 0 Å². The SMILES string of the molecule is CC(C)(C)OC(=O)[C@@H](O)c1ccccc1. The van der Waals surface area contributed by atoms with Crippen molar-refractivity contribution in [1.29, 1.82) is 0 Å². The van der Waals surface area contributed by atoms with Gasteiger partial charge in [-0.05, 0) is 26.3 Å². The Morgan fingerprint density at radius 1 is 1.27 bits per heavy atom. The minimum absolute atomic E-state index is 0.548. The van der Waals surface area contributed by atoms with Crippen molar-refractivity contribution in [2.24, 2.45) is 0 Å². The lowest BCUT2D eigenvalue weighted by Crippen LogP contribution is -2.27. The Balaban J connectivity index is 2.70. The molecule has 82 valence electrons. The predicted octanol–water partition coefficient (Wildman–Crippen LogP) is 2.06. The van der Waals surface area contributed by atoms with Crippen molar-refractivity contribution >= 4 is 5.97 Å². The summed E-state index contributed by atoms with van der Waals surface area (Å²) in [5, 5.41) is 9.68. The second kappa shape index (κ2) is 4.45. The van der Waals surface area contributed by atoms with Gasteiger partial charge in [0, 0.05) is 0 Å². The summed E-state index contributed by atoms with van der Waals surface area (Å²) in [7, 11) is 0. The summed E-state index contributed by atoms with van der Waals surface area (Å²) in [5.41, 5.74) is -0.0286. The molecule has 0 fully saturated rings. The van der Waals surface area contributed by atoms with E-state index in [0.717, 1.165) is 0 Å². The lowest BCUT2D eigenvalue weighted by Gasteiger charge is -2.21. The fraction of sp³-hybridized carbons (Fsp3) is 0.417. The Morgan fingerprint density at radius 2 is 1.80 bits per heavy atom. The molecular weight excluding hydrogens is 192 g/mol. The number of aliphatic hydroxyl groups excluding tert-OH is 1. The van der Waals surface area contributed by atoms with Gasteiger partial charge in [-0.15, -0.1) is 0 Å². The fourth-order valence-electron chi connectivity index (χ4n) is 1.13. The van der Waals surface area contributed by atoms with Gasteiger partial charge in [-0.1, -0.05) is 30.3 Å². The molecule has 0 aromatic heterocycles. The molecule has 0 saturated heterocycles. The van der Waals surface area contributed by atoms with E-state index in [4.69, 9.17) is 4.74 Å². The number of carbonyl (C=O) groups excluding carboxylic acids is 1. The van der Waals surface area contributed by atoms with Gasteiger partial charge in [-0.3, -0.25) is 0 Å². The van der Waals surface area contributed by atoms with E-state index in [0.29, 0.717) is 5.56 Å². The molecule has 1 aromatic rings. The summed E-state index contributed by atoms with van der Waals surface area (Å²) < 4.78 is 5.06. The summed E-state index contributed by atoms with van der Waals surface area (Å²) in [6, 6.07) is 8.74. The highest BCUT2D eigenvalue weighted by molar-refractivity contribution is 5.76. The number of rotatable bonds is 2. The summed E-state index contributed by atoms with van der Waals surface area (Å²) in [5.74, 6) is -0.617. The van der Waals surface area contributed by atoms with E-state index in [1.807, 2.05) is 6.07 Å². The maximum atomic E-state index is 11.5. The second-order valence-corrected chi connectivity index (χ2v) is 4.35. The van der Waals surface area contributed by atoms with E-state index in [1.54, 1.807) is 45.0 Å². The van der Waals surface area contributed by atoms with Crippen molar-refractivity contribution < 1.29 is 14.6 Å². The number of aliphatic hydroxyl groups is 1. The smallest absolute Gasteiger partial charge is 0.340 e. The second-order valence-electron chi connectivity index (χ2n) is 4.35. The Morgan fingerprint density at radius 3 is 2.27 bits per heavy atom. The number of ether oxygens (including phenoxy) is 1. The predicted molar refractivity (Wildman–Crippen MR) is 57.2 cm³/mol. The number of hydrogen-bond donors (Lipinski definition) is 1. The van der Waals surface area contributed by atoms with Crippen LogP contribution >= 0.6 is 0 Å². The van der Waals surface area contributed by atoms with Crippen molar-refractivity contribution in [3.05, 3.63) is 35.9 Å². The minimum Gasteiger partial charge on any atom is -0.458 e. The van der Waals surface area contributed by atoms with Crippen molar-refractivity contribution in [3.8, 4) is 0 Å². The molecule has 0 saturated carbocycles. The lowest BCUT2D eigenvalue weighted by atomic mass is 10.1. The van der Waals surface area contributed by atoms with Gasteiger partial charge in [0.05, 0.1) is 0 Å². The zero-order valence-corrected chi connectivity index (χ0v) is 9.23. The van der Waals surface area contributed by atoms with E-state index >= 15 is 0 Å². The van der Waals surface area contributed by atoms with Crippen molar-refractivity contribution in [2.75, 3.05) is 0 Å². The van der Waals surface area contributed by atoms with Gasteiger partial charge in [0.2, 0.25) is 0 Å². The Hall–Kier alpha value is -1.35. The van der Waals surface area contributed by atoms with E-state index in [9.17, 15) is 9.90 Å². The minimum atomic E-state index is -1.20. The van der Waals surface area contributed by atoms with Gasteiger partial charge in [-0.25, -0.2) is 4.79 Å². The molecule has 0 aliphatic heterocycles. The first kappa shape index (κ1) is 11.7. The summed E-state index contributed by atoms with van der Waals surface area (Å²) >= 11 is 0. The molecule has 1 N–H and O–H groups in total. The maximum Gasteiger partial charge on any atom is 0.340 e. The number of benzene rings is 1. The molecule has 0 aliphatic rings. The highest BCUT2D eigenvalue weighted by atomic mass is 16.6. The average molecular weight is 208 g/mol. The van der Waals surface area contributed by atoms with E-state index in [-0.39, 0.29) is 0 Å². The first-order valence-corrected chi connectivity index (χ1v) is 4.86. The van der Waals surface area contributed by atoms with Crippen LogP contribution in [0.4, 0.5) is 0 Å². The highest BCUT2D eigenvalue weighted by Crippen LogP contribution is 2.17. The summed E-state index contributed by atoms with van der Waals surface area (Å²) in [6.07, 6.45) is -1.20. The van der Waals surface area contributed by atoms with Crippen LogP contribution in [0.5, 0.6) is 0 Å². The zero-order valence-electron chi connectivity index (χ0n) is 9.23. The molecule has 3 heteroatoms. The first-order valence-electron chi connectivity index (χ1n) is 4.86. The summed E-state index contributed by atoms with van der Waals surface area (Å²) in [4.78, 5) is 11.5. The molecule has 15 heavy (non-hydrogen) atoms. The van der Waals surface area contributed by atoms with Gasteiger partial charge in [0.1, 0.15) is 5.60 Å². The standard InChI is InChI=1S/C12H16O3/c1-12(2,3)15-11(14)10(13)9-7-5-4-6-8-9/h4-8,10,13H,1-3H3/t10-/m0/s1. The first-order chi connectivity index (χ1) is 6.90. The molecule has 0 heterocycles. The monoisotopic (exact) mass is 208 g/mol. The number of esters is 1. The average Bonchev–Trinajstić information content (AvgIpc) is 2.15. The van der Waals surface area contributed by atoms with Crippen LogP contribution in [0, 0.1) is 0 Å². The van der Waals surface area contributed by atoms with E-state index < -0.39 is 17.7 Å². The van der Waals surface area contributed by atoms with Crippen LogP contribution in [0.25, 0.3) is 0 Å². The van der Waals surface area contributed by atoms with E-state index in [1.165, 1.54) is 0 Å². The topological polar surface area (TPSA) is 46.5 Å².